The molecule has 502 valence electrons. The first-order chi connectivity index (χ1) is 40.1. The number of hydrogen-bond donors (Lipinski definition) is 0. The summed E-state index contributed by atoms with van der Waals surface area (Å²) in [6.07, 6.45) is 15.8. The lowest BCUT2D eigenvalue weighted by Crippen LogP contribution is -2.62. The number of carbonyl (C=O) groups is 1. The maximum atomic E-state index is 12.5. The number of para-hydroxylation sites is 1. The summed E-state index contributed by atoms with van der Waals surface area (Å²) in [5.41, 5.74) is 2.14. The maximum Gasteiger partial charge on any atom is 0.314 e. The Bertz CT molecular complexity index is 2780. The SMILES string of the molecule is CCCCCCCCCCCC(=O)Oc1ccc2ccc3c(c2c1)N=CC1(O3)N(C)c2ccccc2C1(C)C.CCCC[Si](C)(C)O[Si](C)(C)O[Si](C)(C)O[Si](C)(C)O[Si](C)(C)O[Si](C)(C)O[Si](C)(C)O[Si](C)(C)O[Si](C)(C)O[Si](C)(C)O[Si](C)(C)CC. The number of anilines is 1. The number of nitrogens with zero attached hydrogens (tertiary/aromatic N) is 2. The number of rotatable bonds is 35. The molecule has 0 fully saturated rings. The second-order valence-electron chi connectivity index (χ2n) is 30.2. The molecule has 0 aromatic heterocycles. The molecule has 0 radical (unpaired) electrons. The molecule has 3 aromatic carbocycles. The topological polar surface area (TPSA) is 143 Å². The van der Waals surface area contributed by atoms with E-state index in [1.54, 1.807) is 0 Å². The van der Waals surface area contributed by atoms with Gasteiger partial charge in [0.05, 0.1) is 11.6 Å². The Morgan fingerprint density at radius 3 is 1.32 bits per heavy atom. The van der Waals surface area contributed by atoms with E-state index in [2.05, 4.69) is 215 Å². The van der Waals surface area contributed by atoms with Gasteiger partial charge in [0.15, 0.2) is 16.6 Å². The van der Waals surface area contributed by atoms with Gasteiger partial charge in [-0.3, -0.25) is 9.79 Å². The van der Waals surface area contributed by atoms with E-state index >= 15 is 0 Å². The van der Waals surface area contributed by atoms with Crippen LogP contribution in [-0.4, -0.2) is 119 Å². The van der Waals surface area contributed by atoms with Crippen LogP contribution >= 0.6 is 0 Å². The lowest BCUT2D eigenvalue weighted by atomic mass is 9.77. The third kappa shape index (κ3) is 24.8. The number of likely N-dealkylation sites (N-methyl/N-ethyl adjacent to an activating group) is 1. The van der Waals surface area contributed by atoms with Crippen LogP contribution in [0.3, 0.4) is 0 Å². The van der Waals surface area contributed by atoms with Gasteiger partial charge in [-0.25, -0.2) is 0 Å². The van der Waals surface area contributed by atoms with Crippen molar-refractivity contribution >= 4 is 128 Å². The molecule has 0 aliphatic carbocycles. The molecule has 88 heavy (non-hydrogen) atoms. The van der Waals surface area contributed by atoms with Crippen molar-refractivity contribution < 1.29 is 55.4 Å². The van der Waals surface area contributed by atoms with E-state index in [4.69, 9.17) is 55.6 Å². The van der Waals surface area contributed by atoms with Crippen LogP contribution in [0.5, 0.6) is 11.5 Å². The van der Waals surface area contributed by atoms with Gasteiger partial charge in [0.1, 0.15) is 17.2 Å². The second kappa shape index (κ2) is 31.0. The molecular formula is C62H122N2O13Si11. The summed E-state index contributed by atoms with van der Waals surface area (Å²) in [5.74, 6) is 1.11. The van der Waals surface area contributed by atoms with Gasteiger partial charge < -0.3 is 55.5 Å². The molecule has 1 atom stereocenters. The standard InChI is InChI=1S/C34H42N2O3.C28H80O10Si11/c1-5-6-7-8-9-10-11-12-13-18-31(37)38-26-21-19-25-20-22-30-32(27(25)23-26)35-24-34(39-30)33(2,3)28-16-14-15-17-29(28)36(34)4;1-25-27-28-40(5,6)30-42(9,10)32-44(13,14)34-46(17,18)36-48(21,22)38-49(23,24)37-47(19,20)35-45(15,16)33-43(11,12)31-41(7,8)29-39(3,4)26-2/h14-17,19-24H,5-13,18H2,1-4H3;25-28H2,1-24H3. The fourth-order valence-electron chi connectivity index (χ4n) is 13.2. The zero-order valence-electron chi connectivity index (χ0n) is 60.4. The van der Waals surface area contributed by atoms with Crippen LogP contribution in [0.2, 0.25) is 156 Å². The molecule has 26 heteroatoms. The zero-order chi connectivity index (χ0) is 66.9. The van der Waals surface area contributed by atoms with E-state index in [-0.39, 0.29) is 11.4 Å². The van der Waals surface area contributed by atoms with Gasteiger partial charge in [0.25, 0.3) is 0 Å². The van der Waals surface area contributed by atoms with Crippen molar-refractivity contribution in [3.63, 3.8) is 0 Å². The van der Waals surface area contributed by atoms with Gasteiger partial charge >= 0.3 is 83.0 Å². The Balaban J connectivity index is 0.000000384. The van der Waals surface area contributed by atoms with Crippen molar-refractivity contribution in [3.8, 4) is 11.5 Å². The Hall–Kier alpha value is -1.35. The lowest BCUT2D eigenvalue weighted by molar-refractivity contribution is -0.134. The molecular weight excluding hydrogens is 1290 g/mol. The highest BCUT2D eigenvalue weighted by Crippen LogP contribution is 2.54. The van der Waals surface area contributed by atoms with E-state index in [0.717, 1.165) is 52.8 Å². The predicted molar refractivity (Wildman–Crippen MR) is 394 cm³/mol. The van der Waals surface area contributed by atoms with Crippen LogP contribution in [-0.2, 0) is 51.4 Å². The van der Waals surface area contributed by atoms with Crippen LogP contribution in [0.15, 0.2) is 59.6 Å². The number of esters is 1. The van der Waals surface area contributed by atoms with Gasteiger partial charge in [0.2, 0.25) is 5.72 Å². The number of carbonyl (C=O) groups excluding carboxylic acids is 1. The Kier molecular flexibility index (Phi) is 27.9. The minimum absolute atomic E-state index is 0.173. The smallest absolute Gasteiger partial charge is 0.314 e. The van der Waals surface area contributed by atoms with E-state index in [9.17, 15) is 4.79 Å². The zero-order valence-corrected chi connectivity index (χ0v) is 71.4. The Morgan fingerprint density at radius 2 is 0.886 bits per heavy atom. The molecule has 1 spiro atoms. The number of hydrogen-bond acceptors (Lipinski definition) is 15. The van der Waals surface area contributed by atoms with Gasteiger partial charge in [-0.15, -0.1) is 0 Å². The molecule has 0 amide bonds. The second-order valence-corrected chi connectivity index (χ2v) is 71.8. The number of benzene rings is 3. The molecule has 15 nitrogen and oxygen atoms in total. The Labute approximate surface area is 547 Å². The number of unbranched alkanes of at least 4 members (excludes halogenated alkanes) is 9. The number of ether oxygens (including phenoxy) is 2. The first-order valence-corrected chi connectivity index (χ1v) is 64.5. The molecule has 1 unspecified atom stereocenters. The first-order valence-electron chi connectivity index (χ1n) is 32.9. The summed E-state index contributed by atoms with van der Waals surface area (Å²) in [6.45, 7) is 58.0. The van der Waals surface area contributed by atoms with Gasteiger partial charge in [0, 0.05) is 24.5 Å². The minimum atomic E-state index is -2.69. The van der Waals surface area contributed by atoms with Crippen molar-refractivity contribution in [3.05, 3.63) is 60.2 Å². The Morgan fingerprint density at radius 1 is 0.489 bits per heavy atom. The summed E-state index contributed by atoms with van der Waals surface area (Å²) in [5, 5.41) is 1.95. The van der Waals surface area contributed by atoms with Gasteiger partial charge in [-0.1, -0.05) is 115 Å². The highest BCUT2D eigenvalue weighted by atomic mass is 28.5. The molecule has 2 heterocycles. The van der Waals surface area contributed by atoms with Crippen molar-refractivity contribution in [2.45, 2.75) is 279 Å². The van der Waals surface area contributed by atoms with E-state index in [1.165, 1.54) is 63.4 Å². The van der Waals surface area contributed by atoms with E-state index < -0.39 is 99.4 Å². The van der Waals surface area contributed by atoms with Crippen LogP contribution in [0.25, 0.3) is 10.8 Å². The number of aliphatic imine (C=N–C) groups is 1. The largest absolute Gasteiger partial charge is 0.459 e. The van der Waals surface area contributed by atoms with Crippen molar-refractivity contribution in [2.24, 2.45) is 4.99 Å². The highest BCUT2D eigenvalue weighted by molar-refractivity contribution is 6.93. The molecule has 0 saturated heterocycles. The van der Waals surface area contributed by atoms with E-state index in [1.807, 2.05) is 36.5 Å². The fraction of sp³-hybridized carbons (Fsp3) is 0.710. The monoisotopic (exact) mass is 1410 g/mol. The van der Waals surface area contributed by atoms with Crippen LogP contribution in [0.1, 0.15) is 117 Å². The van der Waals surface area contributed by atoms with Crippen molar-refractivity contribution in [1.82, 2.24) is 0 Å². The van der Waals surface area contributed by atoms with Crippen LogP contribution in [0.4, 0.5) is 11.4 Å². The molecule has 0 bridgehead atoms. The first kappa shape index (κ1) is 79.1. The fourth-order valence-corrected chi connectivity index (χ4v) is 68.8. The molecule has 0 saturated carbocycles. The highest BCUT2D eigenvalue weighted by Gasteiger charge is 2.59. The molecule has 5 rings (SSSR count). The van der Waals surface area contributed by atoms with Crippen molar-refractivity contribution in [2.75, 3.05) is 11.9 Å². The molecule has 2 aliphatic heterocycles. The normalized spacial score (nSPS) is 17.0. The third-order valence-electron chi connectivity index (χ3n) is 15.6. The molecule has 3 aromatic rings. The summed E-state index contributed by atoms with van der Waals surface area (Å²) < 4.78 is 80.0. The average molecular weight is 1410 g/mol. The van der Waals surface area contributed by atoms with Crippen LogP contribution < -0.4 is 14.4 Å². The predicted octanol–water partition coefficient (Wildman–Crippen LogP) is 19.6. The van der Waals surface area contributed by atoms with Crippen LogP contribution in [0, 0.1) is 0 Å². The molecule has 0 N–H and O–H groups in total. The van der Waals surface area contributed by atoms with E-state index in [0.29, 0.717) is 12.2 Å². The van der Waals surface area contributed by atoms with Gasteiger partial charge in [-0.2, -0.15) is 0 Å². The average Bonchev–Trinajstić information content (AvgIpc) is 1.52. The van der Waals surface area contributed by atoms with Gasteiger partial charge in [-0.05, 0) is 212 Å². The maximum absolute atomic E-state index is 12.5. The lowest BCUT2D eigenvalue weighted by Gasteiger charge is -2.45. The summed E-state index contributed by atoms with van der Waals surface area (Å²) in [6, 6.07) is 20.4. The quantitative estimate of drug-likeness (QED) is 0.0238. The molecule has 2 aliphatic rings. The minimum Gasteiger partial charge on any atom is -0.459 e. The summed E-state index contributed by atoms with van der Waals surface area (Å²) in [7, 11) is -24.7. The van der Waals surface area contributed by atoms with Crippen molar-refractivity contribution in [1.29, 1.82) is 0 Å². The number of fused-ring (bicyclic) bond motifs is 4. The summed E-state index contributed by atoms with van der Waals surface area (Å²) >= 11 is 0. The summed E-state index contributed by atoms with van der Waals surface area (Å²) in [4.78, 5) is 19.7. The third-order valence-corrected chi connectivity index (χ3v) is 58.6.